The Morgan fingerprint density at radius 1 is 0.903 bits per heavy atom. The Bertz CT molecular complexity index is 1140. The molecule has 4 rings (SSSR count). The second-order valence-electron chi connectivity index (χ2n) is 6.91. The molecule has 0 fully saturated rings. The van der Waals surface area contributed by atoms with Gasteiger partial charge in [-0.15, -0.1) is 0 Å². The summed E-state index contributed by atoms with van der Waals surface area (Å²) in [6, 6.07) is 16.8. The van der Waals surface area contributed by atoms with Gasteiger partial charge in [0.15, 0.2) is 0 Å². The van der Waals surface area contributed by atoms with Crippen LogP contribution in [0.15, 0.2) is 73.1 Å². The maximum atomic E-state index is 12.4. The third-order valence-corrected chi connectivity index (χ3v) is 4.77. The van der Waals surface area contributed by atoms with Crippen LogP contribution in [0, 0.1) is 0 Å². The summed E-state index contributed by atoms with van der Waals surface area (Å²) in [4.78, 5) is 54.2. The van der Waals surface area contributed by atoms with E-state index in [1.54, 1.807) is 60.8 Å². The molecule has 1 aliphatic rings. The number of nitrogens with one attached hydrogen (secondary N) is 2. The molecule has 8 nitrogen and oxygen atoms in total. The van der Waals surface area contributed by atoms with E-state index < -0.39 is 17.7 Å². The number of fused-ring (bicyclic) bond motifs is 1. The zero-order valence-electron chi connectivity index (χ0n) is 16.4. The Morgan fingerprint density at radius 3 is 2.32 bits per heavy atom. The minimum atomic E-state index is -0.494. The third-order valence-electron chi connectivity index (χ3n) is 4.77. The van der Waals surface area contributed by atoms with Crippen LogP contribution < -0.4 is 10.6 Å². The van der Waals surface area contributed by atoms with E-state index in [0.29, 0.717) is 22.4 Å². The van der Waals surface area contributed by atoms with Crippen molar-refractivity contribution in [2.75, 3.05) is 11.9 Å². The molecular weight excluding hydrogens is 396 g/mol. The van der Waals surface area contributed by atoms with Gasteiger partial charge in [0.25, 0.3) is 17.7 Å². The lowest BCUT2D eigenvalue weighted by molar-refractivity contribution is -0.116. The van der Waals surface area contributed by atoms with Crippen molar-refractivity contribution >= 4 is 29.3 Å². The van der Waals surface area contributed by atoms with Crippen LogP contribution in [0.3, 0.4) is 0 Å². The first-order valence-corrected chi connectivity index (χ1v) is 9.55. The summed E-state index contributed by atoms with van der Waals surface area (Å²) in [5.41, 5.74) is 2.32. The van der Waals surface area contributed by atoms with Crippen LogP contribution in [0.25, 0.3) is 0 Å². The van der Waals surface area contributed by atoms with Gasteiger partial charge in [0.2, 0.25) is 5.91 Å². The molecule has 154 valence electrons. The summed E-state index contributed by atoms with van der Waals surface area (Å²) >= 11 is 0. The Hall–Kier alpha value is -4.33. The van der Waals surface area contributed by atoms with Crippen molar-refractivity contribution in [1.82, 2.24) is 15.2 Å². The Labute approximate surface area is 177 Å². The number of anilines is 1. The maximum Gasteiger partial charge on any atom is 0.262 e. The average Bonchev–Trinajstić information content (AvgIpc) is 3.03. The van der Waals surface area contributed by atoms with E-state index in [-0.39, 0.29) is 19.0 Å². The van der Waals surface area contributed by atoms with Crippen LogP contribution in [-0.4, -0.2) is 40.1 Å². The topological polar surface area (TPSA) is 108 Å². The van der Waals surface area contributed by atoms with E-state index in [2.05, 4.69) is 15.6 Å². The van der Waals surface area contributed by atoms with E-state index >= 15 is 0 Å². The second-order valence-corrected chi connectivity index (χ2v) is 6.91. The van der Waals surface area contributed by atoms with Crippen LogP contribution in [0.1, 0.15) is 36.6 Å². The summed E-state index contributed by atoms with van der Waals surface area (Å²) in [5, 5.41) is 5.48. The van der Waals surface area contributed by atoms with E-state index in [1.807, 2.05) is 6.07 Å². The standard InChI is InChI=1S/C23H18N4O4/c28-20(14-27-22(30)18-8-1-2-9-19(18)23(27)31)26-17-7-3-5-15(11-17)12-25-21(29)16-6-4-10-24-13-16/h1-11,13H,12,14H2,(H,25,29)(H,26,28). The molecule has 0 bridgehead atoms. The number of rotatable bonds is 6. The molecule has 0 spiro atoms. The number of imide groups is 1. The number of hydrogen-bond donors (Lipinski definition) is 2. The van der Waals surface area contributed by atoms with Crippen molar-refractivity contribution < 1.29 is 19.2 Å². The number of amides is 4. The quantitative estimate of drug-likeness (QED) is 0.602. The van der Waals surface area contributed by atoms with Crippen LogP contribution in [0.5, 0.6) is 0 Å². The highest BCUT2D eigenvalue weighted by Gasteiger charge is 2.36. The molecule has 0 aliphatic carbocycles. The van der Waals surface area contributed by atoms with Crippen LogP contribution >= 0.6 is 0 Å². The molecule has 1 aromatic heterocycles. The second kappa shape index (κ2) is 8.58. The first kappa shape index (κ1) is 20.0. The molecule has 4 amide bonds. The fraction of sp³-hybridized carbons (Fsp3) is 0.0870. The number of nitrogens with zero attached hydrogens (tertiary/aromatic N) is 2. The van der Waals surface area contributed by atoms with Crippen molar-refractivity contribution in [3.63, 3.8) is 0 Å². The summed E-state index contributed by atoms with van der Waals surface area (Å²) < 4.78 is 0. The number of aromatic nitrogens is 1. The highest BCUT2D eigenvalue weighted by Crippen LogP contribution is 2.22. The highest BCUT2D eigenvalue weighted by atomic mass is 16.2. The van der Waals surface area contributed by atoms with Crippen LogP contribution in [0.2, 0.25) is 0 Å². The molecular formula is C23H18N4O4. The van der Waals surface area contributed by atoms with Crippen LogP contribution in [-0.2, 0) is 11.3 Å². The van der Waals surface area contributed by atoms with Gasteiger partial charge in [-0.05, 0) is 42.0 Å². The molecule has 0 radical (unpaired) electrons. The van der Waals surface area contributed by atoms with Crippen molar-refractivity contribution in [2.45, 2.75) is 6.54 Å². The molecule has 1 aliphatic heterocycles. The van der Waals surface area contributed by atoms with Crippen LogP contribution in [0.4, 0.5) is 5.69 Å². The molecule has 2 aromatic carbocycles. The van der Waals surface area contributed by atoms with Crippen molar-refractivity contribution in [3.05, 3.63) is 95.3 Å². The highest BCUT2D eigenvalue weighted by molar-refractivity contribution is 6.22. The Morgan fingerprint density at radius 2 is 1.65 bits per heavy atom. The van der Waals surface area contributed by atoms with Gasteiger partial charge in [-0.25, -0.2) is 0 Å². The van der Waals surface area contributed by atoms with Gasteiger partial charge in [0.05, 0.1) is 16.7 Å². The average molecular weight is 414 g/mol. The number of pyridine rings is 1. The first-order chi connectivity index (χ1) is 15.0. The van der Waals surface area contributed by atoms with E-state index in [1.165, 1.54) is 6.20 Å². The predicted octanol–water partition coefficient (Wildman–Crippen LogP) is 2.25. The van der Waals surface area contributed by atoms with Crippen molar-refractivity contribution in [1.29, 1.82) is 0 Å². The number of carbonyl (C=O) groups is 4. The van der Waals surface area contributed by atoms with Gasteiger partial charge < -0.3 is 10.6 Å². The molecule has 3 aromatic rings. The Balaban J connectivity index is 1.36. The molecule has 0 saturated carbocycles. The number of benzene rings is 2. The largest absolute Gasteiger partial charge is 0.348 e. The lowest BCUT2D eigenvalue weighted by Gasteiger charge is -2.14. The first-order valence-electron chi connectivity index (χ1n) is 9.55. The normalized spacial score (nSPS) is 12.5. The van der Waals surface area contributed by atoms with Gasteiger partial charge in [0.1, 0.15) is 6.54 Å². The zero-order valence-corrected chi connectivity index (χ0v) is 16.4. The minimum Gasteiger partial charge on any atom is -0.348 e. The van der Waals surface area contributed by atoms with Gasteiger partial charge in [0, 0.05) is 24.6 Å². The zero-order chi connectivity index (χ0) is 21.8. The molecule has 0 unspecified atom stereocenters. The molecule has 2 heterocycles. The van der Waals surface area contributed by atoms with Crippen molar-refractivity contribution in [2.24, 2.45) is 0 Å². The van der Waals surface area contributed by atoms with E-state index in [4.69, 9.17) is 0 Å². The van der Waals surface area contributed by atoms with Crippen molar-refractivity contribution in [3.8, 4) is 0 Å². The summed E-state index contributed by atoms with van der Waals surface area (Å²) in [6.07, 6.45) is 3.07. The predicted molar refractivity (Wildman–Crippen MR) is 112 cm³/mol. The number of carbonyl (C=O) groups excluding carboxylic acids is 4. The molecule has 8 heteroatoms. The van der Waals surface area contributed by atoms with E-state index in [9.17, 15) is 19.2 Å². The van der Waals surface area contributed by atoms with Gasteiger partial charge in [-0.1, -0.05) is 24.3 Å². The monoisotopic (exact) mass is 414 g/mol. The smallest absolute Gasteiger partial charge is 0.262 e. The molecule has 0 atom stereocenters. The van der Waals surface area contributed by atoms with Gasteiger partial charge in [-0.3, -0.25) is 29.1 Å². The third kappa shape index (κ3) is 4.32. The maximum absolute atomic E-state index is 12.4. The fourth-order valence-electron chi connectivity index (χ4n) is 3.27. The van der Waals surface area contributed by atoms with Gasteiger partial charge >= 0.3 is 0 Å². The van der Waals surface area contributed by atoms with E-state index in [0.717, 1.165) is 10.5 Å². The molecule has 2 N–H and O–H groups in total. The summed E-state index contributed by atoms with van der Waals surface area (Å²) in [6.45, 7) is -0.121. The van der Waals surface area contributed by atoms with Gasteiger partial charge in [-0.2, -0.15) is 0 Å². The minimum absolute atomic E-state index is 0.256. The summed E-state index contributed by atoms with van der Waals surface area (Å²) in [5.74, 6) is -1.72. The Kier molecular flexibility index (Phi) is 5.53. The lowest BCUT2D eigenvalue weighted by Crippen LogP contribution is -2.37. The summed E-state index contributed by atoms with van der Waals surface area (Å²) in [7, 11) is 0. The number of hydrogen-bond acceptors (Lipinski definition) is 5. The molecule has 31 heavy (non-hydrogen) atoms. The molecule has 0 saturated heterocycles. The fourth-order valence-corrected chi connectivity index (χ4v) is 3.27. The lowest BCUT2D eigenvalue weighted by atomic mass is 10.1. The SMILES string of the molecule is O=C(CN1C(=O)c2ccccc2C1=O)Nc1cccc(CNC(=O)c2cccnc2)c1.